The largest absolute Gasteiger partial charge is 0.480 e. The molecule has 1 atom stereocenters. The zero-order chi connectivity index (χ0) is 19.3. The van der Waals surface area contributed by atoms with Crippen LogP contribution in [0.3, 0.4) is 0 Å². The Balaban J connectivity index is 1.80. The Morgan fingerprint density at radius 1 is 1.04 bits per heavy atom. The molecule has 0 aliphatic carbocycles. The van der Waals surface area contributed by atoms with Crippen LogP contribution in [0.4, 0.5) is 4.79 Å². The van der Waals surface area contributed by atoms with E-state index in [1.54, 1.807) is 0 Å². The first-order valence-corrected chi connectivity index (χ1v) is 9.74. The molecule has 2 fully saturated rings. The van der Waals surface area contributed by atoms with Crippen molar-refractivity contribution in [2.24, 2.45) is 11.3 Å². The third kappa shape index (κ3) is 5.88. The smallest absolute Gasteiger partial charge is 0.326 e. The number of carbonyl (C=O) groups excluding carboxylic acids is 2. The number of rotatable bonds is 5. The van der Waals surface area contributed by atoms with Crippen LogP contribution in [-0.2, 0) is 9.59 Å². The van der Waals surface area contributed by atoms with Crippen LogP contribution < -0.4 is 5.32 Å². The van der Waals surface area contributed by atoms with E-state index in [2.05, 4.69) is 26.1 Å². The van der Waals surface area contributed by atoms with Crippen molar-refractivity contribution in [3.63, 3.8) is 0 Å². The van der Waals surface area contributed by atoms with E-state index in [-0.39, 0.29) is 23.3 Å². The maximum Gasteiger partial charge on any atom is 0.326 e. The highest BCUT2D eigenvalue weighted by molar-refractivity contribution is 5.85. The average molecular weight is 367 g/mol. The van der Waals surface area contributed by atoms with Crippen molar-refractivity contribution >= 4 is 17.9 Å². The van der Waals surface area contributed by atoms with Gasteiger partial charge in [-0.2, -0.15) is 0 Å². The fourth-order valence-electron chi connectivity index (χ4n) is 3.57. The molecule has 2 heterocycles. The molecule has 0 spiro atoms. The summed E-state index contributed by atoms with van der Waals surface area (Å²) in [5.41, 5.74) is 0.0275. The number of nitrogens with zero attached hydrogens (tertiary/aromatic N) is 2. The van der Waals surface area contributed by atoms with Gasteiger partial charge in [-0.25, -0.2) is 9.59 Å². The highest BCUT2D eigenvalue weighted by atomic mass is 16.4. The molecule has 2 saturated heterocycles. The lowest BCUT2D eigenvalue weighted by molar-refractivity contribution is -0.143. The molecular formula is C19H33N3O4. The minimum Gasteiger partial charge on any atom is -0.480 e. The summed E-state index contributed by atoms with van der Waals surface area (Å²) in [6.07, 6.45) is 4.48. The van der Waals surface area contributed by atoms with E-state index >= 15 is 0 Å². The van der Waals surface area contributed by atoms with E-state index in [1.807, 2.05) is 9.80 Å². The zero-order valence-electron chi connectivity index (χ0n) is 16.3. The summed E-state index contributed by atoms with van der Waals surface area (Å²) < 4.78 is 0. The number of aliphatic carboxylic acids is 1. The SMILES string of the molecule is CC(C)(C)CCC(NC(=O)C1CCN(C(=O)N2CCCC2)CC1)C(=O)O. The van der Waals surface area contributed by atoms with E-state index in [9.17, 15) is 19.5 Å². The second-order valence-corrected chi connectivity index (χ2v) is 8.74. The number of likely N-dealkylation sites (tertiary alicyclic amines) is 2. The lowest BCUT2D eigenvalue weighted by Crippen LogP contribution is -2.49. The van der Waals surface area contributed by atoms with E-state index in [0.717, 1.165) is 32.4 Å². The fraction of sp³-hybridized carbons (Fsp3) is 0.842. The molecule has 7 heteroatoms. The van der Waals surface area contributed by atoms with Gasteiger partial charge in [-0.05, 0) is 43.9 Å². The van der Waals surface area contributed by atoms with Crippen LogP contribution in [-0.4, -0.2) is 65.0 Å². The van der Waals surface area contributed by atoms with Crippen LogP contribution in [0.25, 0.3) is 0 Å². The highest BCUT2D eigenvalue weighted by Crippen LogP contribution is 2.23. The van der Waals surface area contributed by atoms with Gasteiger partial charge in [0.1, 0.15) is 6.04 Å². The molecule has 2 aliphatic heterocycles. The molecule has 0 saturated carbocycles. The normalized spacial score (nSPS) is 20.1. The van der Waals surface area contributed by atoms with Crippen LogP contribution in [0.15, 0.2) is 0 Å². The first-order chi connectivity index (χ1) is 12.2. The van der Waals surface area contributed by atoms with Crippen molar-refractivity contribution in [2.45, 2.75) is 65.3 Å². The minimum atomic E-state index is -0.982. The summed E-state index contributed by atoms with van der Waals surface area (Å²) in [7, 11) is 0. The Hall–Kier alpha value is -1.79. The zero-order valence-corrected chi connectivity index (χ0v) is 16.3. The average Bonchev–Trinajstić information content (AvgIpc) is 3.11. The van der Waals surface area contributed by atoms with Gasteiger partial charge in [0.05, 0.1) is 0 Å². The van der Waals surface area contributed by atoms with E-state index in [1.165, 1.54) is 0 Å². The molecule has 26 heavy (non-hydrogen) atoms. The maximum absolute atomic E-state index is 12.5. The van der Waals surface area contributed by atoms with Crippen molar-refractivity contribution < 1.29 is 19.5 Å². The summed E-state index contributed by atoms with van der Waals surface area (Å²) in [4.78, 5) is 40.0. The molecule has 1 unspecified atom stereocenters. The van der Waals surface area contributed by atoms with Gasteiger partial charge in [0.2, 0.25) is 5.91 Å². The Morgan fingerprint density at radius 2 is 1.58 bits per heavy atom. The summed E-state index contributed by atoms with van der Waals surface area (Å²) in [6, 6.07) is -0.763. The van der Waals surface area contributed by atoms with E-state index in [0.29, 0.717) is 32.4 Å². The van der Waals surface area contributed by atoms with Crippen LogP contribution in [0.1, 0.15) is 59.3 Å². The predicted octanol–water partition coefficient (Wildman–Crippen LogP) is 2.31. The lowest BCUT2D eigenvalue weighted by Gasteiger charge is -2.34. The predicted molar refractivity (Wildman–Crippen MR) is 98.8 cm³/mol. The molecule has 0 bridgehead atoms. The third-order valence-electron chi connectivity index (χ3n) is 5.31. The first kappa shape index (κ1) is 20.5. The molecule has 2 aliphatic rings. The van der Waals surface area contributed by atoms with Gasteiger partial charge in [0, 0.05) is 32.1 Å². The van der Waals surface area contributed by atoms with Gasteiger partial charge in [-0.15, -0.1) is 0 Å². The molecule has 0 aromatic heterocycles. The van der Waals surface area contributed by atoms with Gasteiger partial charge in [0.25, 0.3) is 0 Å². The topological polar surface area (TPSA) is 90.0 Å². The second kappa shape index (κ2) is 8.73. The van der Waals surface area contributed by atoms with Gasteiger partial charge in [-0.3, -0.25) is 4.79 Å². The number of hydrogen-bond donors (Lipinski definition) is 2. The Labute approximate surface area is 156 Å². The first-order valence-electron chi connectivity index (χ1n) is 9.74. The maximum atomic E-state index is 12.5. The van der Waals surface area contributed by atoms with Crippen molar-refractivity contribution in [1.29, 1.82) is 0 Å². The Kier molecular flexibility index (Phi) is 6.89. The highest BCUT2D eigenvalue weighted by Gasteiger charge is 2.32. The van der Waals surface area contributed by atoms with Crippen LogP contribution >= 0.6 is 0 Å². The Bertz CT molecular complexity index is 515. The second-order valence-electron chi connectivity index (χ2n) is 8.74. The number of carbonyl (C=O) groups is 3. The molecular weight excluding hydrogens is 334 g/mol. The molecule has 2 rings (SSSR count). The molecule has 148 valence electrons. The van der Waals surface area contributed by atoms with Crippen LogP contribution in [0.5, 0.6) is 0 Å². The summed E-state index contributed by atoms with van der Waals surface area (Å²) >= 11 is 0. The number of piperidine rings is 1. The summed E-state index contributed by atoms with van der Waals surface area (Å²) in [5, 5.41) is 12.1. The fourth-order valence-corrected chi connectivity index (χ4v) is 3.57. The van der Waals surface area contributed by atoms with Crippen molar-refractivity contribution in [2.75, 3.05) is 26.2 Å². The number of amides is 3. The standard InChI is InChI=1S/C19H33N3O4/c1-19(2,3)9-6-15(17(24)25)20-16(23)14-7-12-22(13-8-14)18(26)21-10-4-5-11-21/h14-15H,4-13H2,1-3H3,(H,20,23)(H,24,25). The molecule has 0 aromatic rings. The van der Waals surface area contributed by atoms with Gasteiger partial charge < -0.3 is 20.2 Å². The number of urea groups is 1. The Morgan fingerprint density at radius 3 is 2.08 bits per heavy atom. The number of carboxylic acid groups (broad SMARTS) is 1. The van der Waals surface area contributed by atoms with Gasteiger partial charge >= 0.3 is 12.0 Å². The molecule has 7 nitrogen and oxygen atoms in total. The van der Waals surface area contributed by atoms with Crippen molar-refractivity contribution in [1.82, 2.24) is 15.1 Å². The number of hydrogen-bond acceptors (Lipinski definition) is 3. The third-order valence-corrected chi connectivity index (χ3v) is 5.31. The van der Waals surface area contributed by atoms with E-state index < -0.39 is 12.0 Å². The van der Waals surface area contributed by atoms with Crippen LogP contribution in [0, 0.1) is 11.3 Å². The van der Waals surface area contributed by atoms with Gasteiger partial charge in [-0.1, -0.05) is 20.8 Å². The molecule has 0 aromatic carbocycles. The summed E-state index contributed by atoms with van der Waals surface area (Å²) in [6.45, 7) is 8.95. The molecule has 3 amide bonds. The van der Waals surface area contributed by atoms with Crippen molar-refractivity contribution in [3.8, 4) is 0 Å². The van der Waals surface area contributed by atoms with Crippen molar-refractivity contribution in [3.05, 3.63) is 0 Å². The monoisotopic (exact) mass is 367 g/mol. The number of nitrogens with one attached hydrogen (secondary N) is 1. The quantitative estimate of drug-likeness (QED) is 0.780. The minimum absolute atomic E-state index is 0.0275. The molecule has 0 radical (unpaired) electrons. The van der Waals surface area contributed by atoms with E-state index in [4.69, 9.17) is 0 Å². The lowest BCUT2D eigenvalue weighted by atomic mass is 9.88. The number of carboxylic acids is 1. The van der Waals surface area contributed by atoms with Gasteiger partial charge in [0.15, 0.2) is 0 Å². The molecule has 2 N–H and O–H groups in total. The van der Waals surface area contributed by atoms with Crippen LogP contribution in [0.2, 0.25) is 0 Å². The summed E-state index contributed by atoms with van der Waals surface area (Å²) in [5.74, 6) is -1.39.